The molecule has 0 aliphatic carbocycles. The van der Waals surface area contributed by atoms with E-state index in [0.29, 0.717) is 6.42 Å². The summed E-state index contributed by atoms with van der Waals surface area (Å²) >= 11 is 0. The minimum Gasteiger partial charge on any atom is -0.394 e. The van der Waals surface area contributed by atoms with E-state index in [4.69, 9.17) is 0 Å². The highest BCUT2D eigenvalue weighted by molar-refractivity contribution is 5.76. The van der Waals surface area contributed by atoms with Crippen molar-refractivity contribution in [2.24, 2.45) is 0 Å². The lowest BCUT2D eigenvalue weighted by atomic mass is 10.0. The minimum atomic E-state index is -0.843. The molecule has 0 aromatic carbocycles. The molecule has 0 rings (SSSR count). The van der Waals surface area contributed by atoms with Crippen LogP contribution in [-0.2, 0) is 4.79 Å². The molecule has 0 bridgehead atoms. The van der Waals surface area contributed by atoms with Gasteiger partial charge in [0, 0.05) is 6.42 Å². The molecular weight excluding hydrogens is 590 g/mol. The molecule has 3 N–H and O–H groups in total. The highest BCUT2D eigenvalue weighted by Gasteiger charge is 2.17. The Hall–Kier alpha value is -1.65. The van der Waals surface area contributed by atoms with Gasteiger partial charge in [0.25, 0.3) is 0 Å². The molecule has 0 fully saturated rings. The smallest absolute Gasteiger partial charge is 0.220 e. The first kappa shape index (κ1) is 46.4. The van der Waals surface area contributed by atoms with Crippen LogP contribution in [0.1, 0.15) is 206 Å². The van der Waals surface area contributed by atoms with Gasteiger partial charge in [0.05, 0.1) is 18.8 Å². The van der Waals surface area contributed by atoms with E-state index in [1.165, 1.54) is 128 Å². The van der Waals surface area contributed by atoms with Crippen LogP contribution < -0.4 is 5.32 Å². The molecule has 0 heterocycles. The Bertz CT molecular complexity index is 771. The van der Waals surface area contributed by atoms with Gasteiger partial charge in [-0.05, 0) is 51.4 Å². The molecule has 4 nitrogen and oxygen atoms in total. The van der Waals surface area contributed by atoms with E-state index < -0.39 is 12.1 Å². The summed E-state index contributed by atoms with van der Waals surface area (Å²) in [5, 5.41) is 23.0. The first-order valence-electron chi connectivity index (χ1n) is 20.9. The number of rotatable bonds is 37. The van der Waals surface area contributed by atoms with E-state index in [1.54, 1.807) is 6.08 Å². The van der Waals surface area contributed by atoms with Gasteiger partial charge < -0.3 is 15.5 Å². The number of amides is 1. The van der Waals surface area contributed by atoms with Crippen molar-refractivity contribution in [3.8, 4) is 0 Å². The molecule has 2 atom stereocenters. The quantitative estimate of drug-likeness (QED) is 0.0455. The second kappa shape index (κ2) is 39.8. The van der Waals surface area contributed by atoms with Gasteiger partial charge in [-0.1, -0.05) is 197 Å². The third-order valence-electron chi connectivity index (χ3n) is 9.32. The van der Waals surface area contributed by atoms with Crippen LogP contribution in [0.2, 0.25) is 0 Å². The predicted octanol–water partition coefficient (Wildman–Crippen LogP) is 12.8. The summed E-state index contributed by atoms with van der Waals surface area (Å²) in [5.41, 5.74) is 0. The van der Waals surface area contributed by atoms with Gasteiger partial charge in [0.1, 0.15) is 0 Å². The molecule has 0 saturated carbocycles. The lowest BCUT2D eigenvalue weighted by Gasteiger charge is -2.20. The van der Waals surface area contributed by atoms with Gasteiger partial charge in [0.2, 0.25) is 5.91 Å². The molecule has 2 unspecified atom stereocenters. The zero-order valence-corrected chi connectivity index (χ0v) is 32.0. The maximum absolute atomic E-state index is 12.4. The van der Waals surface area contributed by atoms with Crippen molar-refractivity contribution in [2.45, 2.75) is 219 Å². The molecule has 0 aliphatic heterocycles. The van der Waals surface area contributed by atoms with Crippen LogP contribution in [0.5, 0.6) is 0 Å². The van der Waals surface area contributed by atoms with Gasteiger partial charge in [-0.25, -0.2) is 0 Å². The van der Waals surface area contributed by atoms with Crippen LogP contribution in [0.3, 0.4) is 0 Å². The zero-order chi connectivity index (χ0) is 35.0. The third-order valence-corrected chi connectivity index (χ3v) is 9.32. The molecule has 1 amide bonds. The van der Waals surface area contributed by atoms with Gasteiger partial charge in [-0.3, -0.25) is 4.79 Å². The fourth-order valence-electron chi connectivity index (χ4n) is 6.13. The standard InChI is InChI=1S/C44H81NO3/c1-3-5-7-9-11-13-15-17-19-21-22-24-25-27-29-31-33-35-37-39-43(47)42(41-46)45-44(48)40-38-36-34-32-30-28-26-23-20-18-16-14-12-10-8-6-4-2/h6,8,12,14,18,20,37,39,42-43,46-47H,3-5,7,9-11,13,15-17,19,21-36,38,40-41H2,1-2H3,(H,45,48)/b8-6-,14-12-,20-18-,39-37+. The normalized spacial score (nSPS) is 13.5. The first-order chi connectivity index (χ1) is 23.7. The lowest BCUT2D eigenvalue weighted by molar-refractivity contribution is -0.123. The first-order valence-corrected chi connectivity index (χ1v) is 20.9. The van der Waals surface area contributed by atoms with Gasteiger partial charge in [-0.15, -0.1) is 0 Å². The van der Waals surface area contributed by atoms with Gasteiger partial charge >= 0.3 is 0 Å². The van der Waals surface area contributed by atoms with Crippen molar-refractivity contribution < 1.29 is 15.0 Å². The molecular formula is C44H81NO3. The van der Waals surface area contributed by atoms with Crippen molar-refractivity contribution in [1.82, 2.24) is 5.32 Å². The Labute approximate surface area is 299 Å². The number of unbranched alkanes of at least 4 members (excludes halogenated alkanes) is 24. The van der Waals surface area contributed by atoms with E-state index in [-0.39, 0.29) is 12.5 Å². The van der Waals surface area contributed by atoms with Crippen molar-refractivity contribution in [3.63, 3.8) is 0 Å². The minimum absolute atomic E-state index is 0.0753. The van der Waals surface area contributed by atoms with Crippen LogP contribution in [0.4, 0.5) is 0 Å². The summed E-state index contributed by atoms with van der Waals surface area (Å²) in [7, 11) is 0. The van der Waals surface area contributed by atoms with Crippen LogP contribution in [0.25, 0.3) is 0 Å². The summed E-state index contributed by atoms with van der Waals surface area (Å²) in [4.78, 5) is 12.4. The second-order valence-corrected chi connectivity index (χ2v) is 14.0. The van der Waals surface area contributed by atoms with Crippen LogP contribution in [0, 0.1) is 0 Å². The maximum Gasteiger partial charge on any atom is 0.220 e. The van der Waals surface area contributed by atoms with Crippen molar-refractivity contribution in [3.05, 3.63) is 48.6 Å². The Morgan fingerprint density at radius 2 is 0.917 bits per heavy atom. The zero-order valence-electron chi connectivity index (χ0n) is 32.0. The number of nitrogens with one attached hydrogen (secondary N) is 1. The molecule has 0 saturated heterocycles. The van der Waals surface area contributed by atoms with Crippen molar-refractivity contribution in [2.75, 3.05) is 6.61 Å². The monoisotopic (exact) mass is 672 g/mol. The molecule has 0 aromatic rings. The van der Waals surface area contributed by atoms with E-state index >= 15 is 0 Å². The Balaban J connectivity index is 3.60. The highest BCUT2D eigenvalue weighted by Crippen LogP contribution is 2.15. The number of hydrogen-bond donors (Lipinski definition) is 3. The Morgan fingerprint density at radius 1 is 0.521 bits per heavy atom. The van der Waals surface area contributed by atoms with Gasteiger partial charge in [0.15, 0.2) is 0 Å². The van der Waals surface area contributed by atoms with Crippen molar-refractivity contribution >= 4 is 5.91 Å². The second-order valence-electron chi connectivity index (χ2n) is 14.0. The molecule has 280 valence electrons. The molecule has 4 heteroatoms. The lowest BCUT2D eigenvalue weighted by Crippen LogP contribution is -2.45. The van der Waals surface area contributed by atoms with E-state index in [0.717, 1.165) is 57.8 Å². The van der Waals surface area contributed by atoms with E-state index in [1.807, 2.05) is 6.08 Å². The van der Waals surface area contributed by atoms with E-state index in [2.05, 4.69) is 55.6 Å². The summed E-state index contributed by atoms with van der Waals surface area (Å²) in [6.45, 7) is 4.19. The Kier molecular flexibility index (Phi) is 38.4. The summed E-state index contributed by atoms with van der Waals surface area (Å²) in [5.74, 6) is -0.0753. The average Bonchev–Trinajstić information content (AvgIpc) is 3.09. The highest BCUT2D eigenvalue weighted by atomic mass is 16.3. The molecule has 0 spiro atoms. The van der Waals surface area contributed by atoms with Gasteiger partial charge in [-0.2, -0.15) is 0 Å². The van der Waals surface area contributed by atoms with Crippen LogP contribution in [0.15, 0.2) is 48.6 Å². The summed E-state index contributed by atoms with van der Waals surface area (Å²) in [6.07, 6.45) is 53.5. The SMILES string of the molecule is CC/C=C\C/C=C\C/C=C\CCCCCCCCCC(=O)NC(CO)C(O)/C=C/CCCCCCCCCCCCCCCCCCC. The predicted molar refractivity (Wildman–Crippen MR) is 211 cm³/mol. The largest absolute Gasteiger partial charge is 0.394 e. The number of aliphatic hydroxyl groups excluding tert-OH is 2. The molecule has 0 aromatic heterocycles. The fourth-order valence-corrected chi connectivity index (χ4v) is 6.13. The number of carbonyl (C=O) groups is 1. The van der Waals surface area contributed by atoms with E-state index in [9.17, 15) is 15.0 Å². The molecule has 48 heavy (non-hydrogen) atoms. The number of aliphatic hydroxyl groups is 2. The number of carbonyl (C=O) groups excluding carboxylic acids is 1. The Morgan fingerprint density at radius 3 is 1.38 bits per heavy atom. The van der Waals surface area contributed by atoms with Crippen LogP contribution >= 0.6 is 0 Å². The number of hydrogen-bond acceptors (Lipinski definition) is 3. The van der Waals surface area contributed by atoms with Crippen molar-refractivity contribution in [1.29, 1.82) is 0 Å². The summed E-state index contributed by atoms with van der Waals surface area (Å²) in [6, 6.07) is -0.627. The third kappa shape index (κ3) is 35.7. The fraction of sp³-hybridized carbons (Fsp3) is 0.795. The topological polar surface area (TPSA) is 69.6 Å². The maximum atomic E-state index is 12.4. The molecule has 0 radical (unpaired) electrons. The number of allylic oxidation sites excluding steroid dienone is 7. The molecule has 0 aliphatic rings. The summed E-state index contributed by atoms with van der Waals surface area (Å²) < 4.78 is 0. The van der Waals surface area contributed by atoms with Crippen LogP contribution in [-0.4, -0.2) is 34.9 Å². The average molecular weight is 672 g/mol.